The second-order valence-corrected chi connectivity index (χ2v) is 5.61. The molecule has 0 amide bonds. The van der Waals surface area contributed by atoms with Gasteiger partial charge in [0.05, 0.1) is 19.3 Å². The molecule has 5 heteroatoms. The zero-order chi connectivity index (χ0) is 17.4. The van der Waals surface area contributed by atoms with Gasteiger partial charge in [0.2, 0.25) is 0 Å². The molecular weight excluding hydrogens is 300 g/mol. The number of aryl methyl sites for hydroxylation is 1. The summed E-state index contributed by atoms with van der Waals surface area (Å²) in [7, 11) is 3.72. The van der Waals surface area contributed by atoms with Gasteiger partial charge in [0.15, 0.2) is 5.96 Å². The molecule has 24 heavy (non-hydrogen) atoms. The Bertz CT molecular complexity index is 685. The molecule has 0 aliphatic heterocycles. The molecule has 1 heterocycles. The van der Waals surface area contributed by atoms with Gasteiger partial charge in [-0.05, 0) is 31.5 Å². The van der Waals surface area contributed by atoms with Crippen LogP contribution >= 0.6 is 0 Å². The first-order valence-corrected chi connectivity index (χ1v) is 8.17. The number of nitrogens with one attached hydrogen (secondary N) is 1. The largest absolute Gasteiger partial charge is 0.496 e. The van der Waals surface area contributed by atoms with Crippen LogP contribution in [0.15, 0.2) is 47.6 Å². The molecule has 0 spiro atoms. The summed E-state index contributed by atoms with van der Waals surface area (Å²) in [5.41, 5.74) is 3.28. The van der Waals surface area contributed by atoms with Crippen molar-refractivity contribution in [1.82, 2.24) is 15.2 Å². The first kappa shape index (κ1) is 17.8. The fourth-order valence-electron chi connectivity index (χ4n) is 2.47. The lowest BCUT2D eigenvalue weighted by atomic mass is 10.2. The third-order valence-corrected chi connectivity index (χ3v) is 3.79. The summed E-state index contributed by atoms with van der Waals surface area (Å²) < 4.78 is 5.43. The number of benzene rings is 1. The Hall–Kier alpha value is -2.56. The van der Waals surface area contributed by atoms with E-state index < -0.39 is 0 Å². The minimum absolute atomic E-state index is 0.561. The number of hydrogen-bond acceptors (Lipinski definition) is 3. The van der Waals surface area contributed by atoms with Crippen molar-refractivity contribution in [3.05, 3.63) is 59.4 Å². The summed E-state index contributed by atoms with van der Waals surface area (Å²) >= 11 is 0. The van der Waals surface area contributed by atoms with Crippen LogP contribution in [0.4, 0.5) is 0 Å². The monoisotopic (exact) mass is 326 g/mol. The molecule has 0 atom stereocenters. The highest BCUT2D eigenvalue weighted by Gasteiger charge is 2.10. The first-order chi connectivity index (χ1) is 11.7. The van der Waals surface area contributed by atoms with Crippen LogP contribution in [0, 0.1) is 6.92 Å². The topological polar surface area (TPSA) is 49.8 Å². The van der Waals surface area contributed by atoms with Gasteiger partial charge in [-0.25, -0.2) is 4.99 Å². The van der Waals surface area contributed by atoms with Crippen molar-refractivity contribution in [3.8, 4) is 5.75 Å². The van der Waals surface area contributed by atoms with Gasteiger partial charge in [-0.1, -0.05) is 24.3 Å². The fraction of sp³-hybridized carbons (Fsp3) is 0.368. The van der Waals surface area contributed by atoms with E-state index >= 15 is 0 Å². The van der Waals surface area contributed by atoms with Crippen LogP contribution in [0.5, 0.6) is 5.75 Å². The maximum absolute atomic E-state index is 5.43. The molecule has 5 nitrogen and oxygen atoms in total. The van der Waals surface area contributed by atoms with Crippen LogP contribution in [0.25, 0.3) is 0 Å². The van der Waals surface area contributed by atoms with E-state index in [1.807, 2.05) is 37.5 Å². The van der Waals surface area contributed by atoms with Gasteiger partial charge in [-0.2, -0.15) is 0 Å². The summed E-state index contributed by atoms with van der Waals surface area (Å²) in [6.07, 6.45) is 1.81. The fourth-order valence-corrected chi connectivity index (χ4v) is 2.47. The Labute approximate surface area is 144 Å². The van der Waals surface area contributed by atoms with Gasteiger partial charge in [0.1, 0.15) is 5.75 Å². The van der Waals surface area contributed by atoms with Crippen molar-refractivity contribution in [3.63, 3.8) is 0 Å². The number of nitrogens with zero attached hydrogens (tertiary/aromatic N) is 3. The first-order valence-electron chi connectivity index (χ1n) is 8.17. The van der Waals surface area contributed by atoms with Crippen LogP contribution in [0.3, 0.4) is 0 Å². The van der Waals surface area contributed by atoms with Crippen LogP contribution in [0.2, 0.25) is 0 Å². The normalized spacial score (nSPS) is 11.2. The number of aliphatic imine (C=N–C) groups is 1. The maximum atomic E-state index is 5.43. The molecule has 1 aromatic carbocycles. The third-order valence-electron chi connectivity index (χ3n) is 3.79. The molecule has 0 fully saturated rings. The lowest BCUT2D eigenvalue weighted by Gasteiger charge is -2.23. The van der Waals surface area contributed by atoms with E-state index in [2.05, 4.69) is 41.2 Å². The molecular formula is C19H26N4O. The molecule has 0 aliphatic rings. The van der Waals surface area contributed by atoms with Gasteiger partial charge in [0, 0.05) is 31.9 Å². The number of hydrogen-bond donors (Lipinski definition) is 1. The zero-order valence-electron chi connectivity index (χ0n) is 14.9. The maximum Gasteiger partial charge on any atom is 0.194 e. The number of para-hydroxylation sites is 1. The Morgan fingerprint density at radius 3 is 2.75 bits per heavy atom. The minimum Gasteiger partial charge on any atom is -0.496 e. The van der Waals surface area contributed by atoms with Crippen LogP contribution < -0.4 is 10.1 Å². The van der Waals surface area contributed by atoms with Gasteiger partial charge in [0.25, 0.3) is 0 Å². The summed E-state index contributed by atoms with van der Waals surface area (Å²) in [4.78, 5) is 11.2. The average molecular weight is 326 g/mol. The highest BCUT2D eigenvalue weighted by Crippen LogP contribution is 2.18. The molecule has 0 radical (unpaired) electrons. The molecule has 2 aromatic rings. The van der Waals surface area contributed by atoms with Crippen LogP contribution in [-0.4, -0.2) is 36.5 Å². The van der Waals surface area contributed by atoms with Crippen molar-refractivity contribution in [2.24, 2.45) is 4.99 Å². The molecule has 0 bridgehead atoms. The lowest BCUT2D eigenvalue weighted by molar-refractivity contribution is 0.396. The van der Waals surface area contributed by atoms with Gasteiger partial charge >= 0.3 is 0 Å². The van der Waals surface area contributed by atoms with Gasteiger partial charge < -0.3 is 15.0 Å². The predicted octanol–water partition coefficient (Wildman–Crippen LogP) is 3.00. The highest BCUT2D eigenvalue weighted by molar-refractivity contribution is 5.79. The van der Waals surface area contributed by atoms with E-state index in [1.54, 1.807) is 7.11 Å². The van der Waals surface area contributed by atoms with Crippen molar-refractivity contribution >= 4 is 5.96 Å². The molecule has 1 aromatic heterocycles. The van der Waals surface area contributed by atoms with Crippen molar-refractivity contribution < 1.29 is 4.74 Å². The molecule has 1 N–H and O–H groups in total. The predicted molar refractivity (Wildman–Crippen MR) is 98.3 cm³/mol. The molecule has 128 valence electrons. The summed E-state index contributed by atoms with van der Waals surface area (Å²) in [6, 6.07) is 12.1. The van der Waals surface area contributed by atoms with E-state index in [0.29, 0.717) is 6.54 Å². The van der Waals surface area contributed by atoms with E-state index in [0.717, 1.165) is 41.6 Å². The molecule has 2 rings (SSSR count). The van der Waals surface area contributed by atoms with E-state index in [-0.39, 0.29) is 0 Å². The lowest BCUT2D eigenvalue weighted by Crippen LogP contribution is -2.38. The smallest absolute Gasteiger partial charge is 0.194 e. The third kappa shape index (κ3) is 4.72. The number of rotatable bonds is 6. The van der Waals surface area contributed by atoms with E-state index in [9.17, 15) is 0 Å². The minimum atomic E-state index is 0.561. The number of pyridine rings is 1. The Balaban J connectivity index is 2.14. The second-order valence-electron chi connectivity index (χ2n) is 5.61. The average Bonchev–Trinajstić information content (AvgIpc) is 2.60. The molecule has 0 saturated carbocycles. The summed E-state index contributed by atoms with van der Waals surface area (Å²) in [6.45, 7) is 6.22. The Kier molecular flexibility index (Phi) is 6.61. The Morgan fingerprint density at radius 2 is 2.04 bits per heavy atom. The molecule has 0 aliphatic carbocycles. The van der Waals surface area contributed by atoms with Crippen molar-refractivity contribution in [2.45, 2.75) is 26.9 Å². The van der Waals surface area contributed by atoms with E-state index in [1.165, 1.54) is 0 Å². The number of aromatic nitrogens is 1. The Morgan fingerprint density at radius 1 is 1.25 bits per heavy atom. The van der Waals surface area contributed by atoms with Crippen LogP contribution in [-0.2, 0) is 13.1 Å². The highest BCUT2D eigenvalue weighted by atomic mass is 16.5. The summed E-state index contributed by atoms with van der Waals surface area (Å²) in [5.74, 6) is 1.74. The van der Waals surface area contributed by atoms with Crippen LogP contribution in [0.1, 0.15) is 23.7 Å². The number of ether oxygens (including phenoxy) is 1. The number of guanidine groups is 1. The van der Waals surface area contributed by atoms with E-state index in [4.69, 9.17) is 9.73 Å². The quantitative estimate of drug-likeness (QED) is 0.655. The summed E-state index contributed by atoms with van der Waals surface area (Å²) in [5, 5.41) is 3.34. The van der Waals surface area contributed by atoms with Crippen molar-refractivity contribution in [1.29, 1.82) is 0 Å². The second kappa shape index (κ2) is 8.91. The van der Waals surface area contributed by atoms with Gasteiger partial charge in [-0.3, -0.25) is 4.98 Å². The molecule has 0 unspecified atom stereocenters. The van der Waals surface area contributed by atoms with Gasteiger partial charge in [-0.15, -0.1) is 0 Å². The standard InChI is InChI=1S/C19H26N4O/c1-5-20-19(22-13-17-15(2)9-8-12-21-17)23(3)14-16-10-6-7-11-18(16)24-4/h6-12H,5,13-14H2,1-4H3,(H,20,22). The number of methoxy groups -OCH3 is 1. The van der Waals surface area contributed by atoms with Crippen molar-refractivity contribution in [2.75, 3.05) is 20.7 Å². The molecule has 0 saturated heterocycles. The zero-order valence-corrected chi connectivity index (χ0v) is 14.9. The SMILES string of the molecule is CCNC(=NCc1ncccc1C)N(C)Cc1ccccc1OC.